The van der Waals surface area contributed by atoms with Crippen molar-refractivity contribution in [2.24, 2.45) is 0 Å². The fourth-order valence-electron chi connectivity index (χ4n) is 3.54. The van der Waals surface area contributed by atoms with E-state index in [0.29, 0.717) is 28.3 Å². The third kappa shape index (κ3) is 5.81. The Kier molecular flexibility index (Phi) is 7.49. The number of aromatic nitrogens is 3. The predicted molar refractivity (Wildman–Crippen MR) is 131 cm³/mol. The highest BCUT2D eigenvalue weighted by molar-refractivity contribution is 5.86. The molecule has 0 fully saturated rings. The molecule has 1 N–H and O–H groups in total. The molecular weight excluding hydrogens is 466 g/mol. The molecule has 36 heavy (non-hydrogen) atoms. The molecule has 1 atom stereocenters. The van der Waals surface area contributed by atoms with Gasteiger partial charge in [0.2, 0.25) is 12.7 Å². The minimum Gasteiger partial charge on any atom is -0.455 e. The summed E-state index contributed by atoms with van der Waals surface area (Å²) < 4.78 is 16.0. The lowest BCUT2D eigenvalue weighted by atomic mass is 9.96. The third-order valence-electron chi connectivity index (χ3n) is 5.04. The van der Waals surface area contributed by atoms with E-state index in [9.17, 15) is 14.9 Å². The molecule has 184 valence electrons. The molecule has 0 aliphatic rings. The molecule has 0 aliphatic heterocycles. The number of non-ortho nitro benzene ring substituents is 1. The zero-order chi connectivity index (χ0) is 25.5. The monoisotopic (exact) mass is 489 g/mol. The number of ether oxygens (including phenoxy) is 3. The smallest absolute Gasteiger partial charge is 0.455 e. The quantitative estimate of drug-likeness (QED) is 0.147. The minimum absolute atomic E-state index is 0.0746. The van der Waals surface area contributed by atoms with E-state index in [1.165, 1.54) is 12.1 Å². The van der Waals surface area contributed by atoms with Crippen LogP contribution in [-0.2, 0) is 9.47 Å². The van der Waals surface area contributed by atoms with Crippen LogP contribution in [0, 0.1) is 10.1 Å². The molecular formula is C25H23N5O6. The molecule has 0 spiro atoms. The first-order valence-electron chi connectivity index (χ1n) is 11.0. The van der Waals surface area contributed by atoms with Crippen molar-refractivity contribution in [2.75, 3.05) is 12.1 Å². The number of hydrogen-bond donors (Lipinski definition) is 1. The Morgan fingerprint density at radius 3 is 2.56 bits per heavy atom. The summed E-state index contributed by atoms with van der Waals surface area (Å²) in [6.07, 6.45) is 3.55. The molecule has 0 bridgehead atoms. The Morgan fingerprint density at radius 1 is 1.03 bits per heavy atom. The molecule has 0 radical (unpaired) electrons. The van der Waals surface area contributed by atoms with Crippen molar-refractivity contribution in [1.29, 1.82) is 0 Å². The molecule has 2 aromatic carbocycles. The minimum atomic E-state index is -0.870. The zero-order valence-corrected chi connectivity index (χ0v) is 19.5. The van der Waals surface area contributed by atoms with Gasteiger partial charge >= 0.3 is 6.16 Å². The highest BCUT2D eigenvalue weighted by atomic mass is 16.8. The largest absolute Gasteiger partial charge is 0.511 e. The van der Waals surface area contributed by atoms with E-state index in [4.69, 9.17) is 14.2 Å². The Balaban J connectivity index is 1.78. The van der Waals surface area contributed by atoms with Crippen LogP contribution in [0.1, 0.15) is 31.0 Å². The van der Waals surface area contributed by atoms with E-state index in [1.807, 2.05) is 18.2 Å². The molecule has 0 saturated carbocycles. The molecule has 11 nitrogen and oxygen atoms in total. The number of pyridine rings is 1. The average Bonchev–Trinajstić information content (AvgIpc) is 2.88. The molecule has 0 saturated heterocycles. The normalized spacial score (nSPS) is 11.6. The Hall–Kier alpha value is -4.80. The van der Waals surface area contributed by atoms with Crippen molar-refractivity contribution in [3.8, 4) is 5.75 Å². The first-order chi connectivity index (χ1) is 17.4. The molecule has 0 aliphatic carbocycles. The molecule has 2 aromatic heterocycles. The van der Waals surface area contributed by atoms with Crippen molar-refractivity contribution >= 4 is 28.7 Å². The van der Waals surface area contributed by atoms with Gasteiger partial charge in [-0.2, -0.15) is 0 Å². The number of anilines is 1. The van der Waals surface area contributed by atoms with Crippen LogP contribution in [-0.4, -0.2) is 38.9 Å². The van der Waals surface area contributed by atoms with E-state index < -0.39 is 23.9 Å². The van der Waals surface area contributed by atoms with E-state index in [1.54, 1.807) is 56.7 Å². The van der Waals surface area contributed by atoms with Crippen LogP contribution in [0.15, 0.2) is 73.2 Å². The van der Waals surface area contributed by atoms with E-state index in [2.05, 4.69) is 20.3 Å². The van der Waals surface area contributed by atoms with Gasteiger partial charge in [0.25, 0.3) is 5.69 Å². The number of nitro groups is 1. The first-order valence-corrected chi connectivity index (χ1v) is 11.0. The number of hydrogen-bond acceptors (Lipinski definition) is 10. The predicted octanol–water partition coefficient (Wildman–Crippen LogP) is 5.03. The Bertz CT molecular complexity index is 1370. The van der Waals surface area contributed by atoms with Gasteiger partial charge in [-0.3, -0.25) is 15.1 Å². The van der Waals surface area contributed by atoms with Crippen LogP contribution < -0.4 is 10.1 Å². The highest BCUT2D eigenvalue weighted by Crippen LogP contribution is 2.37. The maximum Gasteiger partial charge on any atom is 0.511 e. The van der Waals surface area contributed by atoms with Gasteiger partial charge in [-0.05, 0) is 31.5 Å². The average molecular weight is 489 g/mol. The lowest BCUT2D eigenvalue weighted by molar-refractivity contribution is -0.384. The summed E-state index contributed by atoms with van der Waals surface area (Å²) in [5.74, 6) is 0.628. The van der Waals surface area contributed by atoms with Crippen LogP contribution in [0.2, 0.25) is 0 Å². The Morgan fingerprint density at radius 2 is 1.81 bits per heavy atom. The van der Waals surface area contributed by atoms with E-state index in [-0.39, 0.29) is 11.8 Å². The second-order valence-electron chi connectivity index (χ2n) is 7.88. The molecule has 1 unspecified atom stereocenters. The van der Waals surface area contributed by atoms with Crippen molar-refractivity contribution < 1.29 is 23.9 Å². The number of nitrogens with one attached hydrogen (secondary N) is 1. The molecule has 4 rings (SSSR count). The van der Waals surface area contributed by atoms with E-state index >= 15 is 0 Å². The van der Waals surface area contributed by atoms with Crippen LogP contribution in [0.5, 0.6) is 5.75 Å². The van der Waals surface area contributed by atoms with Crippen LogP contribution >= 0.6 is 0 Å². The van der Waals surface area contributed by atoms with Crippen molar-refractivity contribution in [2.45, 2.75) is 26.0 Å². The van der Waals surface area contributed by atoms with Crippen LogP contribution in [0.25, 0.3) is 10.9 Å². The van der Waals surface area contributed by atoms with Crippen molar-refractivity contribution in [1.82, 2.24) is 15.0 Å². The van der Waals surface area contributed by atoms with Crippen LogP contribution in [0.3, 0.4) is 0 Å². The Labute approximate surface area is 206 Å². The fourth-order valence-corrected chi connectivity index (χ4v) is 3.54. The van der Waals surface area contributed by atoms with Gasteiger partial charge in [-0.25, -0.2) is 14.8 Å². The number of fused-ring (bicyclic) bond motifs is 1. The van der Waals surface area contributed by atoms with Gasteiger partial charge in [0.05, 0.1) is 17.1 Å². The number of carbonyl (C=O) groups excluding carboxylic acids is 1. The summed E-state index contributed by atoms with van der Waals surface area (Å²) in [6.45, 7) is 2.98. The molecule has 2 heterocycles. The van der Waals surface area contributed by atoms with E-state index in [0.717, 1.165) is 5.39 Å². The number of benzene rings is 2. The van der Waals surface area contributed by atoms with Crippen molar-refractivity contribution in [3.05, 3.63) is 94.4 Å². The summed E-state index contributed by atoms with van der Waals surface area (Å²) in [5, 5.41) is 15.5. The zero-order valence-electron chi connectivity index (χ0n) is 19.5. The number of nitrogens with zero attached hydrogens (tertiary/aromatic N) is 4. The molecule has 11 heteroatoms. The summed E-state index contributed by atoms with van der Waals surface area (Å²) in [7, 11) is 0. The van der Waals surface area contributed by atoms with Crippen LogP contribution in [0.4, 0.5) is 16.4 Å². The number of rotatable bonds is 9. The van der Waals surface area contributed by atoms with Gasteiger partial charge in [0.15, 0.2) is 5.75 Å². The maximum atomic E-state index is 11.9. The fraction of sp³-hybridized carbons (Fsp3) is 0.200. The topological polar surface area (TPSA) is 139 Å². The summed E-state index contributed by atoms with van der Waals surface area (Å²) >= 11 is 0. The van der Waals surface area contributed by atoms with Gasteiger partial charge in [-0.1, -0.05) is 30.3 Å². The van der Waals surface area contributed by atoms with Gasteiger partial charge < -0.3 is 19.5 Å². The van der Waals surface area contributed by atoms with Crippen molar-refractivity contribution in [3.63, 3.8) is 0 Å². The lowest BCUT2D eigenvalue weighted by Gasteiger charge is -2.23. The standard InChI is InChI=1S/C25H23N5O6/c1-16(2)36-25(31)35-15-34-23-20(10-9-17-7-4-11-26-22(17)23)21(29-24-27-12-5-13-28-24)18-6-3-8-19(14-18)30(32)33/h3-14,16,21H,15H2,1-2H3,(H,27,28,29). The summed E-state index contributed by atoms with van der Waals surface area (Å²) in [6, 6.07) is 14.5. The third-order valence-corrected chi connectivity index (χ3v) is 5.04. The van der Waals surface area contributed by atoms with Gasteiger partial charge in [0, 0.05) is 41.7 Å². The number of nitro benzene ring substituents is 1. The highest BCUT2D eigenvalue weighted by Gasteiger charge is 2.24. The number of carbonyl (C=O) groups is 1. The summed E-state index contributed by atoms with van der Waals surface area (Å²) in [5.41, 5.74) is 1.59. The second-order valence-corrected chi connectivity index (χ2v) is 7.88. The second kappa shape index (κ2) is 11.1. The maximum absolute atomic E-state index is 11.9. The van der Waals surface area contributed by atoms with Gasteiger partial charge in [-0.15, -0.1) is 0 Å². The SMILES string of the molecule is CC(C)OC(=O)OCOc1c(C(Nc2ncccn2)c2cccc([N+](=O)[O-])c2)ccc2cccnc12. The lowest BCUT2D eigenvalue weighted by Crippen LogP contribution is -2.18. The summed E-state index contributed by atoms with van der Waals surface area (Å²) in [4.78, 5) is 35.8. The molecule has 4 aromatic rings. The first kappa shape index (κ1) is 24.3. The molecule has 0 amide bonds. The van der Waals surface area contributed by atoms with Gasteiger partial charge in [0.1, 0.15) is 5.52 Å².